The van der Waals surface area contributed by atoms with E-state index in [0.29, 0.717) is 18.9 Å². The summed E-state index contributed by atoms with van der Waals surface area (Å²) in [6.45, 7) is 1.31. The van der Waals surface area contributed by atoms with E-state index in [4.69, 9.17) is 15.2 Å². The molecule has 0 spiro atoms. The number of nitrogens with two attached hydrogens (primary N) is 1. The van der Waals surface area contributed by atoms with Crippen molar-refractivity contribution >= 4 is 0 Å². The quantitative estimate of drug-likeness (QED) is 0.846. The van der Waals surface area contributed by atoms with Crippen LogP contribution in [0.5, 0.6) is 11.5 Å². The summed E-state index contributed by atoms with van der Waals surface area (Å²) in [7, 11) is 0. The first-order valence-corrected chi connectivity index (χ1v) is 6.70. The minimum Gasteiger partial charge on any atom is -0.454 e. The van der Waals surface area contributed by atoms with Crippen molar-refractivity contribution in [2.75, 3.05) is 13.3 Å². The second-order valence-electron chi connectivity index (χ2n) is 5.09. The molecule has 1 heterocycles. The average Bonchev–Trinajstić information content (AvgIpc) is 2.98. The van der Waals surface area contributed by atoms with Crippen LogP contribution in [0, 0.1) is 0 Å². The van der Waals surface area contributed by atoms with Gasteiger partial charge in [-0.05, 0) is 43.5 Å². The standard InChI is InChI=1S/C14H20N2O2/c15-11-2-1-3-12(11)16-7-6-10-4-5-13-14(8-10)18-9-17-13/h4-5,8,11-12,16H,1-3,6-7,9,15H2. The first-order valence-electron chi connectivity index (χ1n) is 6.70. The van der Waals surface area contributed by atoms with E-state index in [9.17, 15) is 0 Å². The second kappa shape index (κ2) is 5.16. The number of nitrogens with one attached hydrogen (secondary N) is 1. The molecule has 2 unspecified atom stereocenters. The van der Waals surface area contributed by atoms with Crippen LogP contribution >= 0.6 is 0 Å². The maximum atomic E-state index is 6.03. The van der Waals surface area contributed by atoms with Crippen molar-refractivity contribution < 1.29 is 9.47 Å². The molecule has 1 aromatic rings. The van der Waals surface area contributed by atoms with E-state index in [-0.39, 0.29) is 0 Å². The van der Waals surface area contributed by atoms with Gasteiger partial charge in [0.1, 0.15) is 0 Å². The van der Waals surface area contributed by atoms with Crippen molar-refractivity contribution in [3.05, 3.63) is 23.8 Å². The molecule has 0 radical (unpaired) electrons. The van der Waals surface area contributed by atoms with Gasteiger partial charge in [-0.15, -0.1) is 0 Å². The van der Waals surface area contributed by atoms with Gasteiger partial charge in [-0.25, -0.2) is 0 Å². The van der Waals surface area contributed by atoms with Gasteiger partial charge < -0.3 is 20.5 Å². The number of ether oxygens (including phenoxy) is 2. The third kappa shape index (κ3) is 2.44. The van der Waals surface area contributed by atoms with Crippen LogP contribution in [0.25, 0.3) is 0 Å². The van der Waals surface area contributed by atoms with Gasteiger partial charge in [-0.1, -0.05) is 12.5 Å². The number of hydrogen-bond acceptors (Lipinski definition) is 4. The van der Waals surface area contributed by atoms with Crippen LogP contribution in [0.3, 0.4) is 0 Å². The highest BCUT2D eigenvalue weighted by Crippen LogP contribution is 2.32. The molecule has 0 amide bonds. The Morgan fingerprint density at radius 3 is 2.94 bits per heavy atom. The molecule has 1 fully saturated rings. The molecule has 0 saturated heterocycles. The SMILES string of the molecule is NC1CCCC1NCCc1ccc2c(c1)OCO2. The van der Waals surface area contributed by atoms with Crippen molar-refractivity contribution in [1.29, 1.82) is 0 Å². The van der Waals surface area contributed by atoms with Crippen molar-refractivity contribution in [2.24, 2.45) is 5.73 Å². The fourth-order valence-electron chi connectivity index (χ4n) is 2.74. The monoisotopic (exact) mass is 248 g/mol. The molecule has 0 aromatic heterocycles. The molecule has 1 saturated carbocycles. The van der Waals surface area contributed by atoms with E-state index in [2.05, 4.69) is 17.4 Å². The molecule has 0 bridgehead atoms. The Morgan fingerprint density at radius 2 is 2.11 bits per heavy atom. The topological polar surface area (TPSA) is 56.5 Å². The lowest BCUT2D eigenvalue weighted by atomic mass is 10.1. The molecule has 4 nitrogen and oxygen atoms in total. The van der Waals surface area contributed by atoms with Crippen LogP contribution in [-0.2, 0) is 6.42 Å². The third-order valence-corrected chi connectivity index (χ3v) is 3.83. The lowest BCUT2D eigenvalue weighted by molar-refractivity contribution is 0.174. The summed E-state index contributed by atoms with van der Waals surface area (Å²) < 4.78 is 10.7. The average molecular weight is 248 g/mol. The normalized spacial score (nSPS) is 25.6. The maximum absolute atomic E-state index is 6.03. The molecule has 4 heteroatoms. The zero-order valence-corrected chi connectivity index (χ0v) is 10.5. The number of fused-ring (bicyclic) bond motifs is 1. The molecular weight excluding hydrogens is 228 g/mol. The first-order chi connectivity index (χ1) is 8.83. The predicted molar refractivity (Wildman–Crippen MR) is 69.9 cm³/mol. The Bertz CT molecular complexity index is 422. The zero-order valence-electron chi connectivity index (χ0n) is 10.5. The molecule has 3 rings (SSSR count). The van der Waals surface area contributed by atoms with Gasteiger partial charge in [-0.2, -0.15) is 0 Å². The van der Waals surface area contributed by atoms with Crippen LogP contribution in [-0.4, -0.2) is 25.4 Å². The van der Waals surface area contributed by atoms with E-state index in [1.165, 1.54) is 18.4 Å². The van der Waals surface area contributed by atoms with Gasteiger partial charge in [0.2, 0.25) is 6.79 Å². The van der Waals surface area contributed by atoms with Crippen LogP contribution in [0.4, 0.5) is 0 Å². The Balaban J connectivity index is 1.51. The summed E-state index contributed by atoms with van der Waals surface area (Å²) in [5, 5.41) is 3.55. The molecule has 3 N–H and O–H groups in total. The molecule has 1 aromatic carbocycles. The van der Waals surface area contributed by atoms with Crippen molar-refractivity contribution in [3.63, 3.8) is 0 Å². The molecule has 98 valence electrons. The Hall–Kier alpha value is -1.26. The molecule has 2 atom stereocenters. The van der Waals surface area contributed by atoms with Crippen LogP contribution in [0.2, 0.25) is 0 Å². The van der Waals surface area contributed by atoms with Gasteiger partial charge in [0.15, 0.2) is 11.5 Å². The number of hydrogen-bond donors (Lipinski definition) is 2. The van der Waals surface area contributed by atoms with E-state index in [1.807, 2.05) is 6.07 Å². The van der Waals surface area contributed by atoms with Gasteiger partial charge in [0.25, 0.3) is 0 Å². The number of rotatable bonds is 4. The van der Waals surface area contributed by atoms with Crippen LogP contribution in [0.1, 0.15) is 24.8 Å². The zero-order chi connectivity index (χ0) is 12.4. The van der Waals surface area contributed by atoms with Gasteiger partial charge in [-0.3, -0.25) is 0 Å². The summed E-state index contributed by atoms with van der Waals surface area (Å²) in [4.78, 5) is 0. The molecular formula is C14H20N2O2. The summed E-state index contributed by atoms with van der Waals surface area (Å²) in [5.41, 5.74) is 7.31. The first kappa shape index (κ1) is 11.8. The Labute approximate surface area is 107 Å². The summed E-state index contributed by atoms with van der Waals surface area (Å²) >= 11 is 0. The van der Waals surface area contributed by atoms with Gasteiger partial charge >= 0.3 is 0 Å². The summed E-state index contributed by atoms with van der Waals surface area (Å²) in [5.74, 6) is 1.72. The smallest absolute Gasteiger partial charge is 0.231 e. The minimum atomic E-state index is 0.335. The maximum Gasteiger partial charge on any atom is 0.231 e. The third-order valence-electron chi connectivity index (χ3n) is 3.83. The molecule has 1 aliphatic carbocycles. The molecule has 1 aliphatic heterocycles. The van der Waals surface area contributed by atoms with E-state index in [1.54, 1.807) is 0 Å². The number of benzene rings is 1. The largest absolute Gasteiger partial charge is 0.454 e. The highest BCUT2D eigenvalue weighted by molar-refractivity contribution is 5.44. The summed E-state index contributed by atoms with van der Waals surface area (Å²) in [6.07, 6.45) is 4.62. The molecule has 18 heavy (non-hydrogen) atoms. The minimum absolute atomic E-state index is 0.335. The van der Waals surface area contributed by atoms with Crippen molar-refractivity contribution in [3.8, 4) is 11.5 Å². The lowest BCUT2D eigenvalue weighted by Crippen LogP contribution is -2.41. The molecule has 2 aliphatic rings. The van der Waals surface area contributed by atoms with Crippen molar-refractivity contribution in [2.45, 2.75) is 37.8 Å². The highest BCUT2D eigenvalue weighted by Gasteiger charge is 2.22. The second-order valence-corrected chi connectivity index (χ2v) is 5.09. The fourth-order valence-corrected chi connectivity index (χ4v) is 2.74. The fraction of sp³-hybridized carbons (Fsp3) is 0.571. The van der Waals surface area contributed by atoms with Gasteiger partial charge in [0, 0.05) is 12.1 Å². The Kier molecular flexibility index (Phi) is 3.39. The van der Waals surface area contributed by atoms with Crippen molar-refractivity contribution in [1.82, 2.24) is 5.32 Å². The van der Waals surface area contributed by atoms with E-state index in [0.717, 1.165) is 30.9 Å². The highest BCUT2D eigenvalue weighted by atomic mass is 16.7. The summed E-state index contributed by atoms with van der Waals surface area (Å²) in [6, 6.07) is 6.99. The predicted octanol–water partition coefficient (Wildman–Crippen LogP) is 1.43. The van der Waals surface area contributed by atoms with E-state index >= 15 is 0 Å². The lowest BCUT2D eigenvalue weighted by Gasteiger charge is -2.17. The van der Waals surface area contributed by atoms with Crippen LogP contribution < -0.4 is 20.5 Å². The van der Waals surface area contributed by atoms with Gasteiger partial charge in [0.05, 0.1) is 0 Å². The van der Waals surface area contributed by atoms with E-state index < -0.39 is 0 Å². The Morgan fingerprint density at radius 1 is 1.22 bits per heavy atom. The van der Waals surface area contributed by atoms with Crippen LogP contribution in [0.15, 0.2) is 18.2 Å².